The molecule has 0 radical (unpaired) electrons. The number of hydrogen-bond donors (Lipinski definition) is 1. The second kappa shape index (κ2) is 4.85. The fourth-order valence-corrected chi connectivity index (χ4v) is 2.54. The molecular formula is C15H22N2O2. The lowest BCUT2D eigenvalue weighted by Crippen LogP contribution is -2.57. The minimum atomic E-state index is -0.851. The first-order valence-electron chi connectivity index (χ1n) is 6.61. The van der Waals surface area contributed by atoms with Gasteiger partial charge in [0, 0.05) is 25.2 Å². The standard InChI is InChI=1S/C15H22N2O2/c1-11-5-6-13(12(9-11)14(18)19)17-8-7-16(4)15(2,3)10-17/h5-6,9H,7-8,10H2,1-4H3,(H,18,19). The SMILES string of the molecule is Cc1ccc(N2CCN(C)C(C)(C)C2)c(C(=O)O)c1. The highest BCUT2D eigenvalue weighted by atomic mass is 16.4. The van der Waals surface area contributed by atoms with Gasteiger partial charge in [-0.05, 0) is 40.0 Å². The number of carboxylic acid groups (broad SMARTS) is 1. The van der Waals surface area contributed by atoms with Gasteiger partial charge in [-0.2, -0.15) is 0 Å². The summed E-state index contributed by atoms with van der Waals surface area (Å²) >= 11 is 0. The molecule has 0 aliphatic carbocycles. The molecule has 1 saturated heterocycles. The molecule has 1 aliphatic heterocycles. The number of piperazine rings is 1. The van der Waals surface area contributed by atoms with Crippen molar-refractivity contribution in [1.82, 2.24) is 4.90 Å². The Morgan fingerprint density at radius 3 is 2.58 bits per heavy atom. The van der Waals surface area contributed by atoms with E-state index in [2.05, 4.69) is 30.7 Å². The Bertz CT molecular complexity index is 497. The van der Waals surface area contributed by atoms with Crippen LogP contribution < -0.4 is 4.90 Å². The third-order valence-electron chi connectivity index (χ3n) is 4.04. The van der Waals surface area contributed by atoms with Gasteiger partial charge < -0.3 is 10.0 Å². The number of rotatable bonds is 2. The first-order valence-corrected chi connectivity index (χ1v) is 6.61. The number of carboxylic acids is 1. The molecule has 104 valence electrons. The van der Waals surface area contributed by atoms with Crippen LogP contribution in [0.4, 0.5) is 5.69 Å². The number of aryl methyl sites for hydroxylation is 1. The fraction of sp³-hybridized carbons (Fsp3) is 0.533. The largest absolute Gasteiger partial charge is 0.478 e. The summed E-state index contributed by atoms with van der Waals surface area (Å²) in [7, 11) is 2.12. The molecule has 1 N–H and O–H groups in total. The van der Waals surface area contributed by atoms with Gasteiger partial charge in [0.15, 0.2) is 0 Å². The zero-order chi connectivity index (χ0) is 14.2. The smallest absolute Gasteiger partial charge is 0.337 e. The van der Waals surface area contributed by atoms with E-state index in [1.165, 1.54) is 0 Å². The quantitative estimate of drug-likeness (QED) is 0.887. The van der Waals surface area contributed by atoms with E-state index in [1.807, 2.05) is 19.1 Å². The lowest BCUT2D eigenvalue weighted by atomic mass is 9.98. The summed E-state index contributed by atoms with van der Waals surface area (Å²) < 4.78 is 0. The van der Waals surface area contributed by atoms with Crippen molar-refractivity contribution in [2.75, 3.05) is 31.6 Å². The number of nitrogens with zero attached hydrogens (tertiary/aromatic N) is 2. The Labute approximate surface area is 114 Å². The Morgan fingerprint density at radius 1 is 1.32 bits per heavy atom. The van der Waals surface area contributed by atoms with Crippen molar-refractivity contribution in [1.29, 1.82) is 0 Å². The molecule has 4 nitrogen and oxygen atoms in total. The lowest BCUT2D eigenvalue weighted by molar-refractivity contribution is 0.0696. The minimum Gasteiger partial charge on any atom is -0.478 e. The maximum Gasteiger partial charge on any atom is 0.337 e. The molecule has 0 aromatic heterocycles. The highest BCUT2D eigenvalue weighted by Gasteiger charge is 2.32. The van der Waals surface area contributed by atoms with Crippen LogP contribution >= 0.6 is 0 Å². The molecule has 0 unspecified atom stereocenters. The molecule has 1 aromatic carbocycles. The maximum absolute atomic E-state index is 11.4. The van der Waals surface area contributed by atoms with Crippen molar-refractivity contribution in [2.45, 2.75) is 26.3 Å². The summed E-state index contributed by atoms with van der Waals surface area (Å²) in [6.07, 6.45) is 0. The predicted molar refractivity (Wildman–Crippen MR) is 77.1 cm³/mol. The van der Waals surface area contributed by atoms with Gasteiger partial charge in [0.1, 0.15) is 0 Å². The zero-order valence-corrected chi connectivity index (χ0v) is 12.1. The van der Waals surface area contributed by atoms with E-state index in [0.29, 0.717) is 5.56 Å². The molecule has 0 spiro atoms. The molecule has 1 aliphatic rings. The minimum absolute atomic E-state index is 0.0545. The van der Waals surface area contributed by atoms with Crippen molar-refractivity contribution in [3.05, 3.63) is 29.3 Å². The van der Waals surface area contributed by atoms with Crippen LogP contribution in [-0.4, -0.2) is 48.2 Å². The van der Waals surface area contributed by atoms with Gasteiger partial charge in [-0.15, -0.1) is 0 Å². The summed E-state index contributed by atoms with van der Waals surface area (Å²) in [6, 6.07) is 5.66. The summed E-state index contributed by atoms with van der Waals surface area (Å²) in [5, 5.41) is 9.37. The molecule has 19 heavy (non-hydrogen) atoms. The van der Waals surface area contributed by atoms with Crippen molar-refractivity contribution in [2.24, 2.45) is 0 Å². The average Bonchev–Trinajstić information content (AvgIpc) is 2.32. The Hall–Kier alpha value is -1.55. The summed E-state index contributed by atoms with van der Waals surface area (Å²) in [6.45, 7) is 8.95. The Kier molecular flexibility index (Phi) is 3.54. The predicted octanol–water partition coefficient (Wildman–Crippen LogP) is 2.22. The van der Waals surface area contributed by atoms with Crippen molar-refractivity contribution >= 4 is 11.7 Å². The summed E-state index contributed by atoms with van der Waals surface area (Å²) in [4.78, 5) is 15.9. The molecule has 1 aromatic rings. The molecule has 4 heteroatoms. The van der Waals surface area contributed by atoms with Crippen LogP contribution in [0.25, 0.3) is 0 Å². The van der Waals surface area contributed by atoms with Gasteiger partial charge in [-0.25, -0.2) is 4.79 Å². The van der Waals surface area contributed by atoms with Crippen LogP contribution in [0, 0.1) is 6.92 Å². The molecule has 0 bridgehead atoms. The highest BCUT2D eigenvalue weighted by molar-refractivity contribution is 5.94. The van der Waals surface area contributed by atoms with E-state index in [-0.39, 0.29) is 5.54 Å². The van der Waals surface area contributed by atoms with Gasteiger partial charge in [0.2, 0.25) is 0 Å². The Balaban J connectivity index is 2.35. The molecule has 0 amide bonds. The van der Waals surface area contributed by atoms with Gasteiger partial charge in [0.05, 0.1) is 11.3 Å². The fourth-order valence-electron chi connectivity index (χ4n) is 2.54. The van der Waals surface area contributed by atoms with Gasteiger partial charge in [0.25, 0.3) is 0 Å². The van der Waals surface area contributed by atoms with E-state index in [1.54, 1.807) is 6.07 Å². The van der Waals surface area contributed by atoms with Gasteiger partial charge >= 0.3 is 5.97 Å². The van der Waals surface area contributed by atoms with E-state index >= 15 is 0 Å². The lowest BCUT2D eigenvalue weighted by Gasteiger charge is -2.46. The Morgan fingerprint density at radius 2 is 2.00 bits per heavy atom. The molecule has 1 fully saturated rings. The molecule has 2 rings (SSSR count). The van der Waals surface area contributed by atoms with Crippen LogP contribution in [-0.2, 0) is 0 Å². The van der Waals surface area contributed by atoms with E-state index in [9.17, 15) is 9.90 Å². The highest BCUT2D eigenvalue weighted by Crippen LogP contribution is 2.28. The number of carbonyl (C=O) groups is 1. The zero-order valence-electron chi connectivity index (χ0n) is 12.1. The number of hydrogen-bond acceptors (Lipinski definition) is 3. The third-order valence-corrected chi connectivity index (χ3v) is 4.04. The number of anilines is 1. The second-order valence-electron chi connectivity index (χ2n) is 5.98. The normalized spacial score (nSPS) is 19.5. The van der Waals surface area contributed by atoms with E-state index in [0.717, 1.165) is 30.9 Å². The molecule has 0 saturated carbocycles. The second-order valence-corrected chi connectivity index (χ2v) is 5.98. The van der Waals surface area contributed by atoms with Crippen LogP contribution in [0.15, 0.2) is 18.2 Å². The molecule has 0 atom stereocenters. The van der Waals surface area contributed by atoms with Crippen molar-refractivity contribution in [3.8, 4) is 0 Å². The van der Waals surface area contributed by atoms with Gasteiger partial charge in [-0.3, -0.25) is 4.90 Å². The first kappa shape index (κ1) is 13.9. The average molecular weight is 262 g/mol. The number of aromatic carboxylic acids is 1. The van der Waals surface area contributed by atoms with Crippen molar-refractivity contribution < 1.29 is 9.90 Å². The summed E-state index contributed by atoms with van der Waals surface area (Å²) in [5.41, 5.74) is 2.27. The van der Waals surface area contributed by atoms with E-state index < -0.39 is 5.97 Å². The van der Waals surface area contributed by atoms with Crippen molar-refractivity contribution in [3.63, 3.8) is 0 Å². The number of likely N-dealkylation sites (N-methyl/N-ethyl adjacent to an activating group) is 1. The number of benzene rings is 1. The van der Waals surface area contributed by atoms with Crippen LogP contribution in [0.1, 0.15) is 29.8 Å². The third kappa shape index (κ3) is 2.73. The molecular weight excluding hydrogens is 240 g/mol. The summed E-state index contributed by atoms with van der Waals surface area (Å²) in [5.74, 6) is -0.851. The van der Waals surface area contributed by atoms with E-state index in [4.69, 9.17) is 0 Å². The van der Waals surface area contributed by atoms with Crippen LogP contribution in [0.5, 0.6) is 0 Å². The maximum atomic E-state index is 11.4. The van der Waals surface area contributed by atoms with Crippen LogP contribution in [0.2, 0.25) is 0 Å². The van der Waals surface area contributed by atoms with Crippen LogP contribution in [0.3, 0.4) is 0 Å². The topological polar surface area (TPSA) is 43.8 Å². The van der Waals surface area contributed by atoms with Gasteiger partial charge in [-0.1, -0.05) is 11.6 Å². The first-order chi connectivity index (χ1) is 8.81. The monoisotopic (exact) mass is 262 g/mol. The molecule has 1 heterocycles.